The molecule has 0 saturated carbocycles. The van der Waals surface area contributed by atoms with Gasteiger partial charge in [0.15, 0.2) is 5.89 Å². The first-order valence-corrected chi connectivity index (χ1v) is 6.02. The Balaban J connectivity index is 2.29. The highest BCUT2D eigenvalue weighted by Gasteiger charge is 2.08. The molecule has 1 aromatic heterocycles. The van der Waals surface area contributed by atoms with Crippen LogP contribution in [0.15, 0.2) is 33.4 Å². The van der Waals surface area contributed by atoms with Crippen molar-refractivity contribution in [2.45, 2.75) is 6.42 Å². The molecule has 0 aliphatic heterocycles. The zero-order valence-corrected chi connectivity index (χ0v) is 11.0. The molecule has 0 spiro atoms. The summed E-state index contributed by atoms with van der Waals surface area (Å²) in [4.78, 5) is 4.36. The molecule has 0 fully saturated rings. The number of nitrogens with two attached hydrogens (primary N) is 1. The minimum Gasteiger partial charge on any atom is -0.496 e. The average Bonchev–Trinajstić information content (AvgIpc) is 2.78. The highest BCUT2D eigenvalue weighted by Crippen LogP contribution is 2.30. The third-order valence-corrected chi connectivity index (χ3v) is 2.98. The summed E-state index contributed by atoms with van der Waals surface area (Å²) in [7, 11) is 1.63. The Kier molecular flexibility index (Phi) is 3.81. The molecule has 2 rings (SSSR count). The van der Waals surface area contributed by atoms with Crippen LogP contribution < -0.4 is 10.5 Å². The van der Waals surface area contributed by atoms with E-state index < -0.39 is 0 Å². The molecule has 0 atom stereocenters. The van der Waals surface area contributed by atoms with E-state index >= 15 is 0 Å². The quantitative estimate of drug-likeness (QED) is 0.942. The van der Waals surface area contributed by atoms with Gasteiger partial charge in [-0.2, -0.15) is 0 Å². The molecule has 4 nitrogen and oxygen atoms in total. The van der Waals surface area contributed by atoms with Gasteiger partial charge in [-0.15, -0.1) is 0 Å². The second-order valence-corrected chi connectivity index (χ2v) is 4.37. The van der Waals surface area contributed by atoms with Crippen molar-refractivity contribution < 1.29 is 9.15 Å². The van der Waals surface area contributed by atoms with Gasteiger partial charge in [0.1, 0.15) is 17.7 Å². The van der Waals surface area contributed by atoms with Gasteiger partial charge in [-0.3, -0.25) is 0 Å². The summed E-state index contributed by atoms with van der Waals surface area (Å²) in [6, 6.07) is 5.77. The third-order valence-electron chi connectivity index (χ3n) is 2.36. The molecule has 0 bridgehead atoms. The Hall–Kier alpha value is -1.33. The van der Waals surface area contributed by atoms with Crippen LogP contribution in [0.3, 0.4) is 0 Å². The molecule has 90 valence electrons. The van der Waals surface area contributed by atoms with E-state index in [1.54, 1.807) is 13.4 Å². The van der Waals surface area contributed by atoms with Gasteiger partial charge in [0.05, 0.1) is 11.6 Å². The lowest BCUT2D eigenvalue weighted by Crippen LogP contribution is -2.02. The molecule has 17 heavy (non-hydrogen) atoms. The third kappa shape index (κ3) is 2.68. The van der Waals surface area contributed by atoms with Gasteiger partial charge in [0.25, 0.3) is 0 Å². The van der Waals surface area contributed by atoms with Crippen molar-refractivity contribution in [3.63, 3.8) is 0 Å². The minimum absolute atomic E-state index is 0.534. The van der Waals surface area contributed by atoms with Crippen molar-refractivity contribution in [2.24, 2.45) is 5.73 Å². The van der Waals surface area contributed by atoms with E-state index in [1.807, 2.05) is 18.2 Å². The fraction of sp³-hybridized carbons (Fsp3) is 0.250. The molecule has 0 saturated heterocycles. The molecule has 1 aromatic carbocycles. The van der Waals surface area contributed by atoms with Crippen LogP contribution in [0, 0.1) is 0 Å². The van der Waals surface area contributed by atoms with Crippen LogP contribution in [0.1, 0.15) is 5.89 Å². The number of halogens is 1. The predicted molar refractivity (Wildman–Crippen MR) is 68.9 cm³/mol. The van der Waals surface area contributed by atoms with E-state index in [1.165, 1.54) is 0 Å². The number of aromatic nitrogens is 1. The van der Waals surface area contributed by atoms with Crippen molar-refractivity contribution >= 4 is 15.9 Å². The van der Waals surface area contributed by atoms with Gasteiger partial charge >= 0.3 is 0 Å². The summed E-state index contributed by atoms with van der Waals surface area (Å²) in [6.45, 7) is 0.534. The van der Waals surface area contributed by atoms with Gasteiger partial charge in [0, 0.05) is 18.5 Å². The zero-order valence-electron chi connectivity index (χ0n) is 9.44. The van der Waals surface area contributed by atoms with Crippen LogP contribution in [-0.4, -0.2) is 18.6 Å². The number of hydrogen-bond acceptors (Lipinski definition) is 4. The number of hydrogen-bond donors (Lipinski definition) is 1. The van der Waals surface area contributed by atoms with Crippen molar-refractivity contribution in [1.29, 1.82) is 0 Å². The van der Waals surface area contributed by atoms with E-state index in [0.717, 1.165) is 21.5 Å². The second kappa shape index (κ2) is 5.33. The Morgan fingerprint density at radius 3 is 2.94 bits per heavy atom. The summed E-state index contributed by atoms with van der Waals surface area (Å²) >= 11 is 3.44. The van der Waals surface area contributed by atoms with Gasteiger partial charge in [-0.05, 0) is 34.1 Å². The number of rotatable bonds is 4. The average molecular weight is 297 g/mol. The largest absolute Gasteiger partial charge is 0.496 e. The van der Waals surface area contributed by atoms with Gasteiger partial charge in [-0.1, -0.05) is 0 Å². The number of nitrogens with zero attached hydrogens (tertiary/aromatic N) is 1. The fourth-order valence-electron chi connectivity index (χ4n) is 1.51. The molecule has 0 aliphatic carbocycles. The topological polar surface area (TPSA) is 61.3 Å². The summed E-state index contributed by atoms with van der Waals surface area (Å²) in [6.07, 6.45) is 2.29. The molecule has 0 amide bonds. The lowest BCUT2D eigenvalue weighted by molar-refractivity contribution is 0.412. The van der Waals surface area contributed by atoms with Crippen molar-refractivity contribution in [3.8, 4) is 17.0 Å². The molecule has 0 unspecified atom stereocenters. The normalized spacial score (nSPS) is 10.5. The standard InChI is InChI=1S/C12H13BrN2O2/c1-16-11-3-2-8(6-9(11)13)10-7-17-12(15-10)4-5-14/h2-3,6-7H,4-5,14H2,1H3. The van der Waals surface area contributed by atoms with E-state index in [9.17, 15) is 0 Å². The van der Waals surface area contributed by atoms with Crippen LogP contribution in [0.4, 0.5) is 0 Å². The summed E-state index contributed by atoms with van der Waals surface area (Å²) in [5, 5.41) is 0. The van der Waals surface area contributed by atoms with Gasteiger partial charge < -0.3 is 14.9 Å². The molecular weight excluding hydrogens is 284 g/mol. The number of benzene rings is 1. The van der Waals surface area contributed by atoms with Crippen molar-refractivity contribution in [3.05, 3.63) is 34.8 Å². The molecule has 0 aliphatic rings. The van der Waals surface area contributed by atoms with Crippen LogP contribution in [-0.2, 0) is 6.42 Å². The van der Waals surface area contributed by atoms with Crippen molar-refractivity contribution in [1.82, 2.24) is 4.98 Å². The van der Waals surface area contributed by atoms with Crippen LogP contribution in [0.25, 0.3) is 11.3 Å². The summed E-state index contributed by atoms with van der Waals surface area (Å²) in [5.41, 5.74) is 7.23. The maximum absolute atomic E-state index is 5.45. The molecule has 5 heteroatoms. The van der Waals surface area contributed by atoms with E-state index in [0.29, 0.717) is 18.9 Å². The molecule has 1 heterocycles. The maximum Gasteiger partial charge on any atom is 0.195 e. The molecule has 0 radical (unpaired) electrons. The van der Waals surface area contributed by atoms with Gasteiger partial charge in [-0.25, -0.2) is 4.98 Å². The lowest BCUT2D eigenvalue weighted by atomic mass is 10.2. The monoisotopic (exact) mass is 296 g/mol. The first-order chi connectivity index (χ1) is 8.24. The Morgan fingerprint density at radius 2 is 2.29 bits per heavy atom. The molecular formula is C12H13BrN2O2. The number of oxazole rings is 1. The first-order valence-electron chi connectivity index (χ1n) is 5.23. The predicted octanol–water partition coefficient (Wildman–Crippen LogP) is 2.61. The molecule has 2 aromatic rings. The Morgan fingerprint density at radius 1 is 1.47 bits per heavy atom. The van der Waals surface area contributed by atoms with E-state index in [-0.39, 0.29) is 0 Å². The summed E-state index contributed by atoms with van der Waals surface area (Å²) in [5.74, 6) is 1.45. The number of ether oxygens (including phenoxy) is 1. The van der Waals surface area contributed by atoms with Crippen LogP contribution in [0.2, 0.25) is 0 Å². The van der Waals surface area contributed by atoms with E-state index in [2.05, 4.69) is 20.9 Å². The smallest absolute Gasteiger partial charge is 0.195 e. The Labute approximate surface area is 108 Å². The molecule has 2 N–H and O–H groups in total. The first kappa shape index (κ1) is 12.1. The fourth-order valence-corrected chi connectivity index (χ4v) is 2.05. The van der Waals surface area contributed by atoms with E-state index in [4.69, 9.17) is 14.9 Å². The SMILES string of the molecule is COc1ccc(-c2coc(CCN)n2)cc1Br. The highest BCUT2D eigenvalue weighted by molar-refractivity contribution is 9.10. The van der Waals surface area contributed by atoms with Crippen molar-refractivity contribution in [2.75, 3.05) is 13.7 Å². The maximum atomic E-state index is 5.45. The van der Waals surface area contributed by atoms with Crippen LogP contribution >= 0.6 is 15.9 Å². The van der Waals surface area contributed by atoms with Gasteiger partial charge in [0.2, 0.25) is 0 Å². The highest BCUT2D eigenvalue weighted by atomic mass is 79.9. The minimum atomic E-state index is 0.534. The lowest BCUT2D eigenvalue weighted by Gasteiger charge is -2.03. The number of methoxy groups -OCH3 is 1. The Bertz CT molecular complexity index is 511. The second-order valence-electron chi connectivity index (χ2n) is 3.51. The summed E-state index contributed by atoms with van der Waals surface area (Å²) < 4.78 is 11.4. The van der Waals surface area contributed by atoms with Crippen LogP contribution in [0.5, 0.6) is 5.75 Å². The zero-order chi connectivity index (χ0) is 12.3.